The summed E-state index contributed by atoms with van der Waals surface area (Å²) in [5.41, 5.74) is 0. The Balaban J connectivity index is 1.45. The first-order chi connectivity index (χ1) is 12.1. The first-order valence-corrected chi connectivity index (χ1v) is 9.10. The first-order valence-electron chi connectivity index (χ1n) is 8.22. The smallest absolute Gasteiger partial charge is 0.258 e. The second kappa shape index (κ2) is 8.40. The standard InChI is InChI=1S/C18H20F2N2O2S/c19-13-5-6-17(16(20)9-13)24-12-18(23)21-14-3-1-7-22(10-14)11-15-4-2-8-25-15/h2,4-6,8-9,14H,1,3,7,10-12H2,(H,21,23)/t14-/m1/s1. The highest BCUT2D eigenvalue weighted by Crippen LogP contribution is 2.18. The monoisotopic (exact) mass is 366 g/mol. The Labute approximate surface area is 149 Å². The van der Waals surface area contributed by atoms with Crippen LogP contribution in [0, 0.1) is 11.6 Å². The molecule has 0 bridgehead atoms. The number of rotatable bonds is 6. The zero-order valence-corrected chi connectivity index (χ0v) is 14.5. The van der Waals surface area contributed by atoms with Crippen molar-refractivity contribution in [3.63, 3.8) is 0 Å². The van der Waals surface area contributed by atoms with Crippen LogP contribution in [-0.2, 0) is 11.3 Å². The third kappa shape index (κ3) is 5.24. The van der Waals surface area contributed by atoms with Gasteiger partial charge in [-0.2, -0.15) is 0 Å². The number of likely N-dealkylation sites (tertiary alicyclic amines) is 1. The van der Waals surface area contributed by atoms with E-state index >= 15 is 0 Å². The highest BCUT2D eigenvalue weighted by molar-refractivity contribution is 7.09. The number of carbonyl (C=O) groups excluding carboxylic acids is 1. The lowest BCUT2D eigenvalue weighted by atomic mass is 10.1. The number of hydrogen-bond donors (Lipinski definition) is 1. The molecule has 0 aliphatic carbocycles. The van der Waals surface area contributed by atoms with Crippen molar-refractivity contribution in [3.05, 3.63) is 52.2 Å². The number of carbonyl (C=O) groups is 1. The number of thiophene rings is 1. The summed E-state index contributed by atoms with van der Waals surface area (Å²) >= 11 is 1.73. The zero-order valence-electron chi connectivity index (χ0n) is 13.7. The maximum atomic E-state index is 13.5. The van der Waals surface area contributed by atoms with Crippen LogP contribution in [0.4, 0.5) is 8.78 Å². The van der Waals surface area contributed by atoms with E-state index in [9.17, 15) is 13.6 Å². The van der Waals surface area contributed by atoms with Gasteiger partial charge in [-0.1, -0.05) is 6.07 Å². The van der Waals surface area contributed by atoms with Crippen LogP contribution < -0.4 is 10.1 Å². The first kappa shape index (κ1) is 17.8. The SMILES string of the molecule is O=C(COc1ccc(F)cc1F)N[C@@H]1CCCN(Cc2cccs2)C1. The van der Waals surface area contributed by atoms with E-state index in [4.69, 9.17) is 4.74 Å². The van der Waals surface area contributed by atoms with Gasteiger partial charge in [-0.15, -0.1) is 11.3 Å². The molecule has 7 heteroatoms. The summed E-state index contributed by atoms with van der Waals surface area (Å²) in [6.45, 7) is 2.40. The lowest BCUT2D eigenvalue weighted by molar-refractivity contribution is -0.124. The minimum absolute atomic E-state index is 0.0582. The minimum atomic E-state index is -0.812. The molecule has 1 N–H and O–H groups in total. The number of nitrogens with one attached hydrogen (secondary N) is 1. The number of nitrogens with zero attached hydrogens (tertiary/aromatic N) is 1. The molecule has 3 rings (SSSR count). The zero-order chi connectivity index (χ0) is 17.6. The Bertz CT molecular complexity index is 709. The van der Waals surface area contributed by atoms with Gasteiger partial charge in [0.05, 0.1) is 0 Å². The van der Waals surface area contributed by atoms with Gasteiger partial charge in [-0.3, -0.25) is 9.69 Å². The molecule has 1 amide bonds. The molecule has 0 radical (unpaired) electrons. The van der Waals surface area contributed by atoms with Gasteiger partial charge in [-0.05, 0) is 43.0 Å². The highest BCUT2D eigenvalue weighted by atomic mass is 32.1. The average molecular weight is 366 g/mol. The molecule has 2 aromatic rings. The van der Waals surface area contributed by atoms with E-state index in [2.05, 4.69) is 21.7 Å². The number of hydrogen-bond acceptors (Lipinski definition) is 4. The minimum Gasteiger partial charge on any atom is -0.481 e. The van der Waals surface area contributed by atoms with Crippen LogP contribution >= 0.6 is 11.3 Å². The number of ether oxygens (including phenoxy) is 1. The predicted octanol–water partition coefficient (Wildman–Crippen LogP) is 3.19. The maximum Gasteiger partial charge on any atom is 0.258 e. The van der Waals surface area contributed by atoms with E-state index in [1.807, 2.05) is 6.07 Å². The quantitative estimate of drug-likeness (QED) is 0.854. The van der Waals surface area contributed by atoms with Crippen LogP contribution in [0.25, 0.3) is 0 Å². The van der Waals surface area contributed by atoms with E-state index in [1.165, 1.54) is 10.9 Å². The van der Waals surface area contributed by atoms with Crippen molar-refractivity contribution in [3.8, 4) is 5.75 Å². The van der Waals surface area contributed by atoms with Crippen molar-refractivity contribution >= 4 is 17.2 Å². The van der Waals surface area contributed by atoms with Gasteiger partial charge in [0.2, 0.25) is 0 Å². The average Bonchev–Trinajstić information content (AvgIpc) is 3.07. The Morgan fingerprint density at radius 3 is 3.00 bits per heavy atom. The van der Waals surface area contributed by atoms with Gasteiger partial charge in [0.15, 0.2) is 18.2 Å². The van der Waals surface area contributed by atoms with Crippen molar-refractivity contribution in [1.82, 2.24) is 10.2 Å². The summed E-state index contributed by atoms with van der Waals surface area (Å²) in [5.74, 6) is -1.92. The van der Waals surface area contributed by atoms with Gasteiger partial charge in [0.25, 0.3) is 5.91 Å². The number of piperidine rings is 1. The molecule has 25 heavy (non-hydrogen) atoms. The molecule has 0 unspecified atom stereocenters. The van der Waals surface area contributed by atoms with Crippen molar-refractivity contribution in [2.24, 2.45) is 0 Å². The van der Waals surface area contributed by atoms with E-state index in [-0.39, 0.29) is 24.3 Å². The molecule has 1 aliphatic rings. The Hall–Kier alpha value is -1.99. The summed E-state index contributed by atoms with van der Waals surface area (Å²) in [6, 6.07) is 7.22. The fourth-order valence-corrected chi connectivity index (χ4v) is 3.69. The van der Waals surface area contributed by atoms with E-state index in [0.29, 0.717) is 0 Å². The van der Waals surface area contributed by atoms with Crippen molar-refractivity contribution in [2.75, 3.05) is 19.7 Å². The molecule has 2 heterocycles. The maximum absolute atomic E-state index is 13.5. The highest BCUT2D eigenvalue weighted by Gasteiger charge is 2.22. The molecule has 0 spiro atoms. The molecule has 4 nitrogen and oxygen atoms in total. The molecular weight excluding hydrogens is 346 g/mol. The van der Waals surface area contributed by atoms with Crippen LogP contribution in [-0.4, -0.2) is 36.5 Å². The van der Waals surface area contributed by atoms with Crippen molar-refractivity contribution in [2.45, 2.75) is 25.4 Å². The van der Waals surface area contributed by atoms with Crippen LogP contribution in [0.2, 0.25) is 0 Å². The summed E-state index contributed by atoms with van der Waals surface area (Å²) in [7, 11) is 0. The van der Waals surface area contributed by atoms with Crippen LogP contribution in [0.15, 0.2) is 35.7 Å². The van der Waals surface area contributed by atoms with Gasteiger partial charge >= 0.3 is 0 Å². The van der Waals surface area contributed by atoms with Crippen LogP contribution in [0.1, 0.15) is 17.7 Å². The topological polar surface area (TPSA) is 41.6 Å². The second-order valence-corrected chi connectivity index (χ2v) is 7.12. The number of benzene rings is 1. The van der Waals surface area contributed by atoms with Crippen LogP contribution in [0.3, 0.4) is 0 Å². The molecular formula is C18H20F2N2O2S. The molecule has 134 valence electrons. The van der Waals surface area contributed by atoms with Crippen molar-refractivity contribution < 1.29 is 18.3 Å². The second-order valence-electron chi connectivity index (χ2n) is 6.08. The largest absolute Gasteiger partial charge is 0.481 e. The van der Waals surface area contributed by atoms with E-state index in [0.717, 1.165) is 44.6 Å². The molecule has 1 atom stereocenters. The molecule has 1 aromatic carbocycles. The summed E-state index contributed by atoms with van der Waals surface area (Å²) in [4.78, 5) is 15.7. The van der Waals surface area contributed by atoms with Gasteiger partial charge in [0, 0.05) is 30.1 Å². The fraction of sp³-hybridized carbons (Fsp3) is 0.389. The Morgan fingerprint density at radius 2 is 2.24 bits per heavy atom. The summed E-state index contributed by atoms with van der Waals surface area (Å²) in [5, 5.41) is 4.99. The fourth-order valence-electron chi connectivity index (χ4n) is 2.94. The Kier molecular flexibility index (Phi) is 5.99. The third-order valence-electron chi connectivity index (χ3n) is 4.08. The Morgan fingerprint density at radius 1 is 1.36 bits per heavy atom. The lowest BCUT2D eigenvalue weighted by Gasteiger charge is -2.32. The molecule has 1 saturated heterocycles. The normalized spacial score (nSPS) is 18.1. The molecule has 1 aromatic heterocycles. The van der Waals surface area contributed by atoms with Gasteiger partial charge < -0.3 is 10.1 Å². The number of amides is 1. The van der Waals surface area contributed by atoms with Crippen molar-refractivity contribution in [1.29, 1.82) is 0 Å². The third-order valence-corrected chi connectivity index (χ3v) is 4.94. The molecule has 0 saturated carbocycles. The summed E-state index contributed by atoms with van der Waals surface area (Å²) in [6.07, 6.45) is 1.93. The predicted molar refractivity (Wildman–Crippen MR) is 92.6 cm³/mol. The lowest BCUT2D eigenvalue weighted by Crippen LogP contribution is -2.48. The molecule has 1 aliphatic heterocycles. The van der Waals surface area contributed by atoms with Gasteiger partial charge in [-0.25, -0.2) is 8.78 Å². The molecule has 1 fully saturated rings. The van der Waals surface area contributed by atoms with E-state index in [1.54, 1.807) is 11.3 Å². The summed E-state index contributed by atoms with van der Waals surface area (Å²) < 4.78 is 31.5. The number of halogens is 2. The van der Waals surface area contributed by atoms with Gasteiger partial charge in [0.1, 0.15) is 5.82 Å². The van der Waals surface area contributed by atoms with Crippen LogP contribution in [0.5, 0.6) is 5.75 Å². The van der Waals surface area contributed by atoms with E-state index < -0.39 is 11.6 Å².